The van der Waals surface area contributed by atoms with Crippen molar-refractivity contribution in [2.75, 3.05) is 33.2 Å². The number of guanidine groups is 1. The summed E-state index contributed by atoms with van der Waals surface area (Å²) in [7, 11) is 1.89. The Kier molecular flexibility index (Phi) is 7.19. The van der Waals surface area contributed by atoms with E-state index in [1.807, 2.05) is 7.05 Å². The summed E-state index contributed by atoms with van der Waals surface area (Å²) in [5.74, 6) is 1.74. The molecule has 2 rings (SSSR count). The summed E-state index contributed by atoms with van der Waals surface area (Å²) >= 11 is 0. The molecule has 0 spiro atoms. The van der Waals surface area contributed by atoms with Crippen LogP contribution in [0.25, 0.3) is 0 Å². The Morgan fingerprint density at radius 2 is 1.96 bits per heavy atom. The summed E-state index contributed by atoms with van der Waals surface area (Å²) in [5, 5.41) is 7.18. The summed E-state index contributed by atoms with van der Waals surface area (Å²) in [6.45, 7) is 11.6. The van der Waals surface area contributed by atoms with Gasteiger partial charge < -0.3 is 15.5 Å². The highest BCUT2D eigenvalue weighted by atomic mass is 15.2. The predicted molar refractivity (Wildman–Crippen MR) is 100.0 cm³/mol. The molecule has 1 atom stereocenters. The maximum absolute atomic E-state index is 4.43. The lowest BCUT2D eigenvalue weighted by Gasteiger charge is -2.36. The first-order valence-corrected chi connectivity index (χ1v) is 9.77. The lowest BCUT2D eigenvalue weighted by atomic mass is 9.83. The van der Waals surface area contributed by atoms with Crippen molar-refractivity contribution >= 4 is 5.96 Å². The van der Waals surface area contributed by atoms with Gasteiger partial charge in [-0.1, -0.05) is 19.8 Å². The van der Waals surface area contributed by atoms with Crippen molar-refractivity contribution in [1.82, 2.24) is 15.5 Å². The van der Waals surface area contributed by atoms with Gasteiger partial charge in [-0.3, -0.25) is 4.99 Å². The molecule has 1 heterocycles. The minimum absolute atomic E-state index is 0.511. The molecule has 23 heavy (non-hydrogen) atoms. The van der Waals surface area contributed by atoms with Crippen molar-refractivity contribution in [3.63, 3.8) is 0 Å². The van der Waals surface area contributed by atoms with Gasteiger partial charge in [0.1, 0.15) is 0 Å². The molecule has 1 unspecified atom stereocenters. The molecule has 0 bridgehead atoms. The molecule has 1 aliphatic heterocycles. The van der Waals surface area contributed by atoms with Gasteiger partial charge in [0.05, 0.1) is 0 Å². The predicted octanol–water partition coefficient (Wildman–Crippen LogP) is 3.24. The largest absolute Gasteiger partial charge is 0.356 e. The summed E-state index contributed by atoms with van der Waals surface area (Å²) < 4.78 is 0. The van der Waals surface area contributed by atoms with E-state index in [-0.39, 0.29) is 0 Å². The number of hydrogen-bond donors (Lipinski definition) is 2. The Morgan fingerprint density at radius 1 is 1.22 bits per heavy atom. The first-order chi connectivity index (χ1) is 11.1. The van der Waals surface area contributed by atoms with E-state index in [2.05, 4.69) is 41.3 Å². The Labute approximate surface area is 143 Å². The Bertz CT molecular complexity index is 372. The molecule has 1 saturated carbocycles. The highest BCUT2D eigenvalue weighted by Crippen LogP contribution is 2.40. The number of aliphatic imine (C=N–C) groups is 1. The molecule has 4 nitrogen and oxygen atoms in total. The van der Waals surface area contributed by atoms with Crippen LogP contribution in [-0.2, 0) is 0 Å². The number of nitrogens with zero attached hydrogens (tertiary/aromatic N) is 2. The van der Waals surface area contributed by atoms with Gasteiger partial charge in [-0.05, 0) is 63.8 Å². The summed E-state index contributed by atoms with van der Waals surface area (Å²) in [6.07, 6.45) is 9.49. The molecule has 0 aromatic rings. The van der Waals surface area contributed by atoms with Crippen molar-refractivity contribution in [1.29, 1.82) is 0 Å². The molecule has 0 amide bonds. The van der Waals surface area contributed by atoms with Gasteiger partial charge in [0.2, 0.25) is 0 Å². The third-order valence-corrected chi connectivity index (χ3v) is 6.11. The van der Waals surface area contributed by atoms with Crippen LogP contribution >= 0.6 is 0 Å². The molecule has 2 aliphatic rings. The van der Waals surface area contributed by atoms with Crippen LogP contribution in [0.4, 0.5) is 0 Å². The Morgan fingerprint density at radius 3 is 2.57 bits per heavy atom. The fraction of sp³-hybridized carbons (Fsp3) is 0.947. The molecule has 0 aromatic carbocycles. The fourth-order valence-electron chi connectivity index (χ4n) is 4.25. The van der Waals surface area contributed by atoms with Gasteiger partial charge in [0.15, 0.2) is 5.96 Å². The van der Waals surface area contributed by atoms with Crippen LogP contribution in [0.15, 0.2) is 4.99 Å². The fourth-order valence-corrected chi connectivity index (χ4v) is 4.25. The maximum atomic E-state index is 4.43. The zero-order valence-electron chi connectivity index (χ0n) is 15.8. The molecular weight excluding hydrogens is 284 g/mol. The first-order valence-electron chi connectivity index (χ1n) is 9.77. The van der Waals surface area contributed by atoms with Gasteiger partial charge in [0, 0.05) is 32.7 Å². The molecule has 2 N–H and O–H groups in total. The van der Waals surface area contributed by atoms with Crippen LogP contribution in [0.1, 0.15) is 65.7 Å². The van der Waals surface area contributed by atoms with Crippen molar-refractivity contribution in [2.24, 2.45) is 16.3 Å². The number of nitrogens with one attached hydrogen (secondary N) is 2. The average Bonchev–Trinajstić information content (AvgIpc) is 3.05. The molecule has 134 valence electrons. The lowest BCUT2D eigenvalue weighted by molar-refractivity contribution is 0.141. The van der Waals surface area contributed by atoms with Crippen LogP contribution in [-0.4, -0.2) is 50.1 Å². The van der Waals surface area contributed by atoms with Gasteiger partial charge in [-0.25, -0.2) is 0 Å². The minimum Gasteiger partial charge on any atom is -0.356 e. The quantitative estimate of drug-likeness (QED) is 0.582. The second kappa shape index (κ2) is 8.91. The van der Waals surface area contributed by atoms with Crippen molar-refractivity contribution in [2.45, 2.75) is 71.8 Å². The van der Waals surface area contributed by atoms with E-state index < -0.39 is 0 Å². The zero-order valence-corrected chi connectivity index (χ0v) is 15.8. The van der Waals surface area contributed by atoms with Crippen molar-refractivity contribution in [3.05, 3.63) is 0 Å². The van der Waals surface area contributed by atoms with Gasteiger partial charge in [-0.2, -0.15) is 0 Å². The van der Waals surface area contributed by atoms with Gasteiger partial charge in [-0.15, -0.1) is 0 Å². The van der Waals surface area contributed by atoms with E-state index in [0.717, 1.165) is 25.0 Å². The van der Waals surface area contributed by atoms with Gasteiger partial charge in [0.25, 0.3) is 0 Å². The van der Waals surface area contributed by atoms with Crippen LogP contribution in [0, 0.1) is 11.3 Å². The Hall–Kier alpha value is -0.770. The minimum atomic E-state index is 0.511. The smallest absolute Gasteiger partial charge is 0.191 e. The number of piperidine rings is 1. The van der Waals surface area contributed by atoms with E-state index in [0.29, 0.717) is 11.5 Å². The molecule has 1 saturated heterocycles. The van der Waals surface area contributed by atoms with Crippen LogP contribution in [0.5, 0.6) is 0 Å². The zero-order chi connectivity index (χ0) is 16.7. The highest BCUT2D eigenvalue weighted by Gasteiger charge is 2.32. The molecule has 0 aromatic heterocycles. The second-order valence-corrected chi connectivity index (χ2v) is 7.96. The molecule has 2 fully saturated rings. The van der Waals surface area contributed by atoms with E-state index in [4.69, 9.17) is 0 Å². The highest BCUT2D eigenvalue weighted by molar-refractivity contribution is 5.79. The average molecular weight is 323 g/mol. The third-order valence-electron chi connectivity index (χ3n) is 6.11. The van der Waals surface area contributed by atoms with Gasteiger partial charge >= 0.3 is 0 Å². The van der Waals surface area contributed by atoms with Crippen molar-refractivity contribution < 1.29 is 0 Å². The number of hydrogen-bond acceptors (Lipinski definition) is 2. The SMILES string of the molecule is CCC1(CNC(=NC)NCC2CCCN(C(C)C)C2)CCCC1. The van der Waals surface area contributed by atoms with Crippen molar-refractivity contribution in [3.8, 4) is 0 Å². The lowest BCUT2D eigenvalue weighted by Crippen LogP contribution is -2.47. The standard InChI is InChI=1S/C19H38N4/c1-5-19(10-6-7-11-19)15-22-18(20-4)21-13-17-9-8-12-23(14-17)16(2)3/h16-17H,5-15H2,1-4H3,(H2,20,21,22). The Balaban J connectivity index is 1.74. The molecule has 0 radical (unpaired) electrons. The van der Waals surface area contributed by atoms with Crippen LogP contribution in [0.3, 0.4) is 0 Å². The summed E-state index contributed by atoms with van der Waals surface area (Å²) in [4.78, 5) is 7.04. The monoisotopic (exact) mass is 322 g/mol. The normalized spacial score (nSPS) is 25.8. The second-order valence-electron chi connectivity index (χ2n) is 7.96. The van der Waals surface area contributed by atoms with E-state index in [1.54, 1.807) is 0 Å². The number of rotatable bonds is 6. The van der Waals surface area contributed by atoms with E-state index in [1.165, 1.54) is 58.0 Å². The van der Waals surface area contributed by atoms with Crippen LogP contribution < -0.4 is 10.6 Å². The third kappa shape index (κ3) is 5.37. The molecular formula is C19H38N4. The first kappa shape index (κ1) is 18.6. The summed E-state index contributed by atoms with van der Waals surface area (Å²) in [6, 6.07) is 0.669. The molecule has 4 heteroatoms. The number of likely N-dealkylation sites (tertiary alicyclic amines) is 1. The van der Waals surface area contributed by atoms with Crippen LogP contribution in [0.2, 0.25) is 0 Å². The van der Waals surface area contributed by atoms with E-state index >= 15 is 0 Å². The maximum Gasteiger partial charge on any atom is 0.191 e. The molecule has 1 aliphatic carbocycles. The topological polar surface area (TPSA) is 39.7 Å². The van der Waals surface area contributed by atoms with E-state index in [9.17, 15) is 0 Å². The summed E-state index contributed by atoms with van der Waals surface area (Å²) in [5.41, 5.74) is 0.511.